The number of nitrogens with one attached hydrogen (secondary N) is 2. The molecule has 0 bridgehead atoms. The van der Waals surface area contributed by atoms with Gasteiger partial charge < -0.3 is 11.1 Å². The van der Waals surface area contributed by atoms with Crippen molar-refractivity contribution in [3.63, 3.8) is 0 Å². The van der Waals surface area contributed by atoms with Crippen LogP contribution in [-0.2, 0) is 24.7 Å². The van der Waals surface area contributed by atoms with Crippen LogP contribution in [0.3, 0.4) is 0 Å². The highest BCUT2D eigenvalue weighted by atomic mass is 35.5. The van der Waals surface area contributed by atoms with Crippen LogP contribution < -0.4 is 16.4 Å². The lowest BCUT2D eigenvalue weighted by Gasteiger charge is -2.31. The maximum absolute atomic E-state index is 13.4. The Kier molecular flexibility index (Phi) is 4.24. The number of amides is 4. The Morgan fingerprint density at radius 2 is 2.04 bits per heavy atom. The van der Waals surface area contributed by atoms with Crippen molar-refractivity contribution in [2.75, 3.05) is 5.32 Å². The lowest BCUT2D eigenvalue weighted by Crippen LogP contribution is -2.54. The molecule has 148 valence electrons. The smallest absolute Gasteiger partial charge is 0.250 e. The zero-order valence-corrected chi connectivity index (χ0v) is 16.2. The number of fused-ring (bicyclic) bond motifs is 4. The largest absolute Gasteiger partial charge is 0.370 e. The van der Waals surface area contributed by atoms with Gasteiger partial charge in [-0.3, -0.25) is 29.4 Å². The second-order valence-electron chi connectivity index (χ2n) is 7.68. The molecular formula is C19H21ClN4O4. The average molecular weight is 405 g/mol. The second kappa shape index (κ2) is 6.28. The van der Waals surface area contributed by atoms with Gasteiger partial charge in [-0.25, -0.2) is 0 Å². The maximum Gasteiger partial charge on any atom is 0.250 e. The fourth-order valence-corrected chi connectivity index (χ4v) is 4.98. The Balaban J connectivity index is 1.90. The third-order valence-electron chi connectivity index (χ3n) is 6.16. The Morgan fingerprint density at radius 1 is 1.32 bits per heavy atom. The standard InChI is InChI=1S/C19H21ClN4O4/c1-3-8(2)24-16(26)14-12(7-13(21)25)23-19(15(14)17(24)27)10-6-9(20)4-5-11(10)22-18(19)28/h4-6,8,12,14-15,23H,3,7H2,1-2H3,(H2,21,25)(H,22,28)/t8-,12+,14+,15-,19-/m0/s1. The molecule has 2 saturated heterocycles. The van der Waals surface area contributed by atoms with Crippen molar-refractivity contribution in [3.05, 3.63) is 28.8 Å². The van der Waals surface area contributed by atoms with E-state index in [0.717, 1.165) is 0 Å². The monoisotopic (exact) mass is 404 g/mol. The summed E-state index contributed by atoms with van der Waals surface area (Å²) in [5.74, 6) is -3.63. The minimum absolute atomic E-state index is 0.153. The number of carbonyl (C=O) groups is 4. The Labute approximate surface area is 166 Å². The van der Waals surface area contributed by atoms with Crippen molar-refractivity contribution in [2.45, 2.75) is 44.3 Å². The number of carbonyl (C=O) groups excluding carboxylic acids is 4. The second-order valence-corrected chi connectivity index (χ2v) is 8.12. The van der Waals surface area contributed by atoms with E-state index in [1.165, 1.54) is 4.90 Å². The van der Waals surface area contributed by atoms with Gasteiger partial charge in [0.2, 0.25) is 23.6 Å². The number of benzene rings is 1. The molecule has 1 aromatic rings. The first-order chi connectivity index (χ1) is 13.2. The molecule has 1 spiro atoms. The third kappa shape index (κ3) is 2.34. The molecule has 3 aliphatic heterocycles. The SMILES string of the molecule is CC[C@H](C)N1C(=O)[C@H]2[C@@H](C1=O)[C@]1(N[C@@H]2CC(N)=O)C(=O)Nc2ccc(Cl)cc21. The molecular weight excluding hydrogens is 384 g/mol. The van der Waals surface area contributed by atoms with Gasteiger partial charge in [0.25, 0.3) is 0 Å². The predicted molar refractivity (Wildman–Crippen MR) is 101 cm³/mol. The van der Waals surface area contributed by atoms with E-state index in [1.54, 1.807) is 25.1 Å². The predicted octanol–water partition coefficient (Wildman–Crippen LogP) is 0.734. The van der Waals surface area contributed by atoms with Gasteiger partial charge in [-0.15, -0.1) is 0 Å². The highest BCUT2D eigenvalue weighted by Crippen LogP contribution is 2.54. The van der Waals surface area contributed by atoms with E-state index in [1.807, 2.05) is 6.92 Å². The van der Waals surface area contributed by atoms with Crippen LogP contribution in [-0.4, -0.2) is 40.6 Å². The van der Waals surface area contributed by atoms with Gasteiger partial charge in [-0.05, 0) is 31.5 Å². The molecule has 0 unspecified atom stereocenters. The molecule has 0 aliphatic carbocycles. The van der Waals surface area contributed by atoms with Crippen LogP contribution in [0.15, 0.2) is 18.2 Å². The summed E-state index contributed by atoms with van der Waals surface area (Å²) in [4.78, 5) is 52.5. The molecule has 0 aromatic heterocycles. The van der Waals surface area contributed by atoms with Gasteiger partial charge in [0.1, 0.15) is 5.54 Å². The number of halogens is 1. The molecule has 28 heavy (non-hydrogen) atoms. The lowest BCUT2D eigenvalue weighted by molar-refractivity contribution is -0.145. The van der Waals surface area contributed by atoms with Crippen LogP contribution in [0.25, 0.3) is 0 Å². The van der Waals surface area contributed by atoms with Gasteiger partial charge in [-0.1, -0.05) is 18.5 Å². The number of anilines is 1. The van der Waals surface area contributed by atoms with Crippen molar-refractivity contribution in [2.24, 2.45) is 17.6 Å². The van der Waals surface area contributed by atoms with Gasteiger partial charge in [0.15, 0.2) is 0 Å². The average Bonchev–Trinajstić information content (AvgIpc) is 3.20. The highest BCUT2D eigenvalue weighted by molar-refractivity contribution is 6.31. The third-order valence-corrected chi connectivity index (χ3v) is 6.40. The first-order valence-corrected chi connectivity index (χ1v) is 9.64. The van der Waals surface area contributed by atoms with Gasteiger partial charge >= 0.3 is 0 Å². The molecule has 4 amide bonds. The van der Waals surface area contributed by atoms with Crippen LogP contribution in [0.2, 0.25) is 5.02 Å². The van der Waals surface area contributed by atoms with Gasteiger partial charge in [-0.2, -0.15) is 0 Å². The van der Waals surface area contributed by atoms with E-state index in [4.69, 9.17) is 17.3 Å². The van der Waals surface area contributed by atoms with Crippen molar-refractivity contribution in [1.82, 2.24) is 10.2 Å². The van der Waals surface area contributed by atoms with E-state index < -0.39 is 41.1 Å². The minimum Gasteiger partial charge on any atom is -0.370 e. The quantitative estimate of drug-likeness (QED) is 0.639. The number of hydrogen-bond donors (Lipinski definition) is 3. The van der Waals surface area contributed by atoms with Crippen molar-refractivity contribution < 1.29 is 19.2 Å². The number of imide groups is 1. The summed E-state index contributed by atoms with van der Waals surface area (Å²) in [5.41, 5.74) is 4.97. The molecule has 4 rings (SSSR count). The Hall–Kier alpha value is -2.45. The lowest BCUT2D eigenvalue weighted by atomic mass is 9.76. The summed E-state index contributed by atoms with van der Waals surface area (Å²) in [6.07, 6.45) is 0.436. The summed E-state index contributed by atoms with van der Waals surface area (Å²) in [5, 5.41) is 6.31. The molecule has 3 aliphatic rings. The highest BCUT2D eigenvalue weighted by Gasteiger charge is 2.70. The molecule has 1 aromatic carbocycles. The van der Waals surface area contributed by atoms with E-state index in [0.29, 0.717) is 22.7 Å². The summed E-state index contributed by atoms with van der Waals surface area (Å²) < 4.78 is 0. The van der Waals surface area contributed by atoms with E-state index in [2.05, 4.69) is 10.6 Å². The summed E-state index contributed by atoms with van der Waals surface area (Å²) in [6.45, 7) is 3.67. The Bertz CT molecular complexity index is 919. The van der Waals surface area contributed by atoms with Gasteiger partial charge in [0.05, 0.1) is 11.8 Å². The van der Waals surface area contributed by atoms with Crippen molar-refractivity contribution in [1.29, 1.82) is 0 Å². The normalized spacial score (nSPS) is 31.9. The minimum atomic E-state index is -1.46. The maximum atomic E-state index is 13.4. The molecule has 8 nitrogen and oxygen atoms in total. The zero-order valence-electron chi connectivity index (χ0n) is 15.5. The van der Waals surface area contributed by atoms with Gasteiger partial charge in [0, 0.05) is 34.8 Å². The topological polar surface area (TPSA) is 122 Å². The number of hydrogen-bond acceptors (Lipinski definition) is 5. The van der Waals surface area contributed by atoms with Crippen molar-refractivity contribution in [3.8, 4) is 0 Å². The van der Waals surface area contributed by atoms with Crippen molar-refractivity contribution >= 4 is 40.9 Å². The first-order valence-electron chi connectivity index (χ1n) is 9.26. The van der Waals surface area contributed by atoms with E-state index in [-0.39, 0.29) is 18.4 Å². The number of primary amides is 1. The molecule has 0 radical (unpaired) electrons. The van der Waals surface area contributed by atoms with E-state index in [9.17, 15) is 19.2 Å². The molecule has 9 heteroatoms. The van der Waals surface area contributed by atoms with E-state index >= 15 is 0 Å². The number of nitrogens with two attached hydrogens (primary N) is 1. The van der Waals surface area contributed by atoms with Crippen LogP contribution >= 0.6 is 11.6 Å². The molecule has 3 heterocycles. The number of rotatable bonds is 4. The number of likely N-dealkylation sites (tertiary alicyclic amines) is 1. The van der Waals surface area contributed by atoms with Crippen LogP contribution in [0.5, 0.6) is 0 Å². The summed E-state index contributed by atoms with van der Waals surface area (Å²) in [6, 6.07) is 3.90. The van der Waals surface area contributed by atoms with Crippen LogP contribution in [0.4, 0.5) is 5.69 Å². The Morgan fingerprint density at radius 3 is 2.68 bits per heavy atom. The first kappa shape index (κ1) is 18.9. The zero-order chi connectivity index (χ0) is 20.4. The summed E-state index contributed by atoms with van der Waals surface area (Å²) in [7, 11) is 0. The molecule has 0 saturated carbocycles. The fourth-order valence-electron chi connectivity index (χ4n) is 4.80. The molecule has 5 atom stereocenters. The molecule has 2 fully saturated rings. The van der Waals surface area contributed by atoms with Crippen LogP contribution in [0, 0.1) is 11.8 Å². The summed E-state index contributed by atoms with van der Waals surface area (Å²) >= 11 is 6.16. The fraction of sp³-hybridized carbons (Fsp3) is 0.474. The molecule has 4 N–H and O–H groups in total. The number of nitrogens with zero attached hydrogens (tertiary/aromatic N) is 1. The van der Waals surface area contributed by atoms with Crippen LogP contribution in [0.1, 0.15) is 32.3 Å².